The van der Waals surface area contributed by atoms with E-state index in [1.54, 1.807) is 0 Å². The highest BCUT2D eigenvalue weighted by atomic mass is 16.5. The van der Waals surface area contributed by atoms with Gasteiger partial charge in [-0.05, 0) is 70.6 Å². The van der Waals surface area contributed by atoms with Crippen LogP contribution >= 0.6 is 0 Å². The van der Waals surface area contributed by atoms with E-state index in [4.69, 9.17) is 9.84 Å². The summed E-state index contributed by atoms with van der Waals surface area (Å²) in [5.74, 6) is -0.715. The van der Waals surface area contributed by atoms with Crippen molar-refractivity contribution in [3.05, 3.63) is 24.3 Å². The molecule has 1 atom stereocenters. The Bertz CT molecular complexity index is 787. The third kappa shape index (κ3) is 42.8. The van der Waals surface area contributed by atoms with Crippen LogP contribution in [0.1, 0.15) is 264 Å². The molecule has 0 aromatic carbocycles. The Morgan fingerprint density at radius 1 is 0.423 bits per heavy atom. The highest BCUT2D eigenvalue weighted by molar-refractivity contribution is 5.69. The molecule has 306 valence electrons. The van der Waals surface area contributed by atoms with Gasteiger partial charge < -0.3 is 9.84 Å². The summed E-state index contributed by atoms with van der Waals surface area (Å²) in [6.07, 6.45) is 56.4. The molecule has 4 heteroatoms. The monoisotopic (exact) mass is 731 g/mol. The van der Waals surface area contributed by atoms with Crippen LogP contribution in [0.15, 0.2) is 24.3 Å². The number of esters is 1. The second kappa shape index (κ2) is 43.8. The van der Waals surface area contributed by atoms with Crippen molar-refractivity contribution in [2.75, 3.05) is 0 Å². The Balaban J connectivity index is 3.88. The van der Waals surface area contributed by atoms with Crippen molar-refractivity contribution in [3.8, 4) is 0 Å². The molecular weight excluding hydrogens is 641 g/mol. The van der Waals surface area contributed by atoms with Gasteiger partial charge in [0.2, 0.25) is 0 Å². The normalized spacial score (nSPS) is 12.3. The molecule has 0 spiro atoms. The molecule has 0 bridgehead atoms. The van der Waals surface area contributed by atoms with E-state index in [9.17, 15) is 9.59 Å². The van der Waals surface area contributed by atoms with Crippen LogP contribution < -0.4 is 0 Å². The van der Waals surface area contributed by atoms with Crippen LogP contribution in [0.5, 0.6) is 0 Å². The lowest BCUT2D eigenvalue weighted by Crippen LogP contribution is -2.18. The lowest BCUT2D eigenvalue weighted by molar-refractivity contribution is -0.150. The van der Waals surface area contributed by atoms with E-state index in [0.29, 0.717) is 6.42 Å². The summed E-state index contributed by atoms with van der Waals surface area (Å²) in [5.41, 5.74) is 0. The summed E-state index contributed by atoms with van der Waals surface area (Å²) < 4.78 is 6.01. The predicted molar refractivity (Wildman–Crippen MR) is 227 cm³/mol. The minimum absolute atomic E-state index is 0.00799. The van der Waals surface area contributed by atoms with Crippen LogP contribution in [0, 0.1) is 0 Å². The lowest BCUT2D eigenvalue weighted by atomic mass is 10.0. The number of carbonyl (C=O) groups excluding carboxylic acids is 1. The average Bonchev–Trinajstić information content (AvgIpc) is 3.13. The number of aliphatic carboxylic acids is 1. The Morgan fingerprint density at radius 3 is 1.17 bits per heavy atom. The van der Waals surface area contributed by atoms with Gasteiger partial charge in [0.1, 0.15) is 6.10 Å². The van der Waals surface area contributed by atoms with Gasteiger partial charge in [-0.25, -0.2) is 0 Å². The summed E-state index contributed by atoms with van der Waals surface area (Å²) in [7, 11) is 0. The molecule has 0 aliphatic rings. The van der Waals surface area contributed by atoms with Gasteiger partial charge >= 0.3 is 11.9 Å². The summed E-state index contributed by atoms with van der Waals surface area (Å²) >= 11 is 0. The Morgan fingerprint density at radius 2 is 0.750 bits per heavy atom. The van der Waals surface area contributed by atoms with Gasteiger partial charge in [0, 0.05) is 12.8 Å². The van der Waals surface area contributed by atoms with Crippen molar-refractivity contribution in [3.63, 3.8) is 0 Å². The van der Waals surface area contributed by atoms with Gasteiger partial charge in [-0.2, -0.15) is 0 Å². The molecule has 0 fully saturated rings. The molecule has 0 aromatic heterocycles. The molecule has 1 unspecified atom stereocenters. The van der Waals surface area contributed by atoms with E-state index >= 15 is 0 Å². The molecule has 0 aliphatic heterocycles. The number of carbonyl (C=O) groups is 2. The first kappa shape index (κ1) is 50.4. The van der Waals surface area contributed by atoms with Gasteiger partial charge in [0.25, 0.3) is 0 Å². The maximum atomic E-state index is 12.7. The van der Waals surface area contributed by atoms with E-state index in [-0.39, 0.29) is 18.5 Å². The minimum atomic E-state index is -0.707. The quantitative estimate of drug-likeness (QED) is 0.0385. The number of unbranched alkanes of at least 4 members (excludes halogenated alkanes) is 30. The smallest absolute Gasteiger partial charge is 0.306 e. The zero-order chi connectivity index (χ0) is 37.8. The van der Waals surface area contributed by atoms with E-state index in [1.807, 2.05) is 0 Å². The molecule has 1 N–H and O–H groups in total. The van der Waals surface area contributed by atoms with Gasteiger partial charge in [0.15, 0.2) is 0 Å². The van der Waals surface area contributed by atoms with Crippen molar-refractivity contribution in [1.29, 1.82) is 0 Å². The maximum absolute atomic E-state index is 12.7. The molecule has 0 amide bonds. The SMILES string of the molecule is CCCCC/C=C\C/C=C\CCCCCCCCCCCCCC(=O)OC(CCCCCCCCCCCCCCCC)CCCCCCC(=O)O. The summed E-state index contributed by atoms with van der Waals surface area (Å²) in [6, 6.07) is 0. The van der Waals surface area contributed by atoms with Crippen molar-refractivity contribution in [2.45, 2.75) is 270 Å². The summed E-state index contributed by atoms with van der Waals surface area (Å²) in [5, 5.41) is 8.89. The van der Waals surface area contributed by atoms with E-state index < -0.39 is 5.97 Å². The lowest BCUT2D eigenvalue weighted by Gasteiger charge is -2.18. The molecule has 0 saturated heterocycles. The van der Waals surface area contributed by atoms with Crippen molar-refractivity contribution in [2.24, 2.45) is 0 Å². The van der Waals surface area contributed by atoms with Crippen molar-refractivity contribution >= 4 is 11.9 Å². The number of carboxylic acid groups (broad SMARTS) is 1. The first-order valence-corrected chi connectivity index (χ1v) is 23.3. The van der Waals surface area contributed by atoms with E-state index in [0.717, 1.165) is 64.2 Å². The Hall–Kier alpha value is -1.58. The van der Waals surface area contributed by atoms with Crippen molar-refractivity contribution in [1.82, 2.24) is 0 Å². The number of carboxylic acids is 1. The highest BCUT2D eigenvalue weighted by Gasteiger charge is 2.14. The number of ether oxygens (including phenoxy) is 1. The van der Waals surface area contributed by atoms with Crippen LogP contribution in [0.25, 0.3) is 0 Å². The van der Waals surface area contributed by atoms with Gasteiger partial charge in [-0.3, -0.25) is 9.59 Å². The van der Waals surface area contributed by atoms with Crippen LogP contribution in [0.3, 0.4) is 0 Å². The van der Waals surface area contributed by atoms with Crippen molar-refractivity contribution < 1.29 is 19.4 Å². The first-order chi connectivity index (χ1) is 25.6. The number of rotatable bonds is 43. The topological polar surface area (TPSA) is 63.6 Å². The zero-order valence-electron chi connectivity index (χ0n) is 35.1. The van der Waals surface area contributed by atoms with Gasteiger partial charge in [-0.15, -0.1) is 0 Å². The van der Waals surface area contributed by atoms with Crippen LogP contribution in [0.2, 0.25) is 0 Å². The number of allylic oxidation sites excluding steroid dienone is 4. The fourth-order valence-corrected chi connectivity index (χ4v) is 7.22. The second-order valence-electron chi connectivity index (χ2n) is 15.9. The first-order valence-electron chi connectivity index (χ1n) is 23.3. The number of hydrogen-bond donors (Lipinski definition) is 1. The van der Waals surface area contributed by atoms with E-state index in [2.05, 4.69) is 38.2 Å². The zero-order valence-corrected chi connectivity index (χ0v) is 35.1. The number of hydrogen-bond acceptors (Lipinski definition) is 3. The fourth-order valence-electron chi connectivity index (χ4n) is 7.22. The fraction of sp³-hybridized carbons (Fsp3) is 0.875. The molecule has 0 aromatic rings. The van der Waals surface area contributed by atoms with E-state index in [1.165, 1.54) is 173 Å². The third-order valence-electron chi connectivity index (χ3n) is 10.7. The molecular formula is C48H90O4. The molecule has 0 aliphatic carbocycles. The maximum Gasteiger partial charge on any atom is 0.306 e. The molecule has 0 radical (unpaired) electrons. The van der Waals surface area contributed by atoms with Gasteiger partial charge in [-0.1, -0.05) is 205 Å². The highest BCUT2D eigenvalue weighted by Crippen LogP contribution is 2.19. The largest absolute Gasteiger partial charge is 0.481 e. The molecule has 4 nitrogen and oxygen atoms in total. The summed E-state index contributed by atoms with van der Waals surface area (Å²) in [6.45, 7) is 4.54. The second-order valence-corrected chi connectivity index (χ2v) is 15.9. The van der Waals surface area contributed by atoms with Crippen LogP contribution in [-0.2, 0) is 14.3 Å². The average molecular weight is 731 g/mol. The van der Waals surface area contributed by atoms with Gasteiger partial charge in [0.05, 0.1) is 0 Å². The Kier molecular flexibility index (Phi) is 42.5. The van der Waals surface area contributed by atoms with Crippen LogP contribution in [-0.4, -0.2) is 23.1 Å². The third-order valence-corrected chi connectivity index (χ3v) is 10.7. The van der Waals surface area contributed by atoms with Crippen LogP contribution in [0.4, 0.5) is 0 Å². The summed E-state index contributed by atoms with van der Waals surface area (Å²) in [4.78, 5) is 23.5. The predicted octanol–water partition coefficient (Wildman–Crippen LogP) is 16.3. The standard InChI is InChI=1S/C48H90O4/c1-3-5-7-9-11-13-15-17-19-20-21-22-23-24-25-27-29-31-33-35-41-45-48(51)52-46(43-39-36-37-40-44-47(49)50)42-38-34-32-30-28-26-18-16-14-12-10-8-6-4-2/h11,13,17,19,46H,3-10,12,14-16,18,20-45H2,1-2H3,(H,49,50)/b13-11-,19-17-. The minimum Gasteiger partial charge on any atom is -0.481 e. The molecule has 0 heterocycles. The molecule has 0 rings (SSSR count). The molecule has 0 saturated carbocycles. The Labute approximate surface area is 325 Å². The molecule has 52 heavy (non-hydrogen) atoms.